The third-order valence-corrected chi connectivity index (χ3v) is 2.59. The maximum atomic E-state index is 8.61. The van der Waals surface area contributed by atoms with Gasteiger partial charge in [0.15, 0.2) is 0 Å². The Morgan fingerprint density at radius 1 is 1.29 bits per heavy atom. The van der Waals surface area contributed by atoms with Crippen molar-refractivity contribution in [3.8, 4) is 0 Å². The molecule has 1 fully saturated rings. The van der Waals surface area contributed by atoms with Crippen molar-refractivity contribution in [2.45, 2.75) is 18.9 Å². The number of nitrogens with zero attached hydrogens (tertiary/aromatic N) is 1. The maximum absolute atomic E-state index is 8.61. The second-order valence-corrected chi connectivity index (χ2v) is 3.63. The molecule has 1 heterocycles. The molecule has 14 heavy (non-hydrogen) atoms. The molecule has 0 aromatic heterocycles. The van der Waals surface area contributed by atoms with E-state index in [9.17, 15) is 0 Å². The van der Waals surface area contributed by atoms with Crippen molar-refractivity contribution in [1.82, 2.24) is 4.90 Å². The predicted octanol–water partition coefficient (Wildman–Crippen LogP) is 0.106. The van der Waals surface area contributed by atoms with Crippen LogP contribution in [0.15, 0.2) is 0 Å². The molecule has 0 unspecified atom stereocenters. The maximum Gasteiger partial charge on any atom is 0.0701 e. The van der Waals surface area contributed by atoms with E-state index in [0.717, 1.165) is 39.1 Å². The Hall–Kier alpha value is -0.160. The van der Waals surface area contributed by atoms with Crippen LogP contribution in [0.3, 0.4) is 0 Å². The van der Waals surface area contributed by atoms with Crippen molar-refractivity contribution in [2.75, 3.05) is 46.6 Å². The van der Waals surface area contributed by atoms with Crippen molar-refractivity contribution in [1.29, 1.82) is 0 Å². The van der Waals surface area contributed by atoms with Crippen LogP contribution in [0.1, 0.15) is 12.8 Å². The molecule has 1 rings (SSSR count). The average molecular weight is 203 g/mol. The van der Waals surface area contributed by atoms with Gasteiger partial charge in [-0.15, -0.1) is 0 Å². The van der Waals surface area contributed by atoms with Gasteiger partial charge in [0.05, 0.1) is 25.9 Å². The van der Waals surface area contributed by atoms with E-state index in [4.69, 9.17) is 14.6 Å². The highest BCUT2D eigenvalue weighted by Crippen LogP contribution is 2.12. The summed E-state index contributed by atoms with van der Waals surface area (Å²) in [7, 11) is 1.73. The average Bonchev–Trinajstić information content (AvgIpc) is 2.25. The number of hydrogen-bond acceptors (Lipinski definition) is 4. The first-order chi connectivity index (χ1) is 6.86. The van der Waals surface area contributed by atoms with Crippen LogP contribution in [0, 0.1) is 0 Å². The van der Waals surface area contributed by atoms with E-state index >= 15 is 0 Å². The van der Waals surface area contributed by atoms with Crippen LogP contribution < -0.4 is 0 Å². The summed E-state index contributed by atoms with van der Waals surface area (Å²) in [6.45, 7) is 4.59. The van der Waals surface area contributed by atoms with E-state index in [1.165, 1.54) is 0 Å². The Morgan fingerprint density at radius 3 is 2.57 bits per heavy atom. The molecule has 0 bridgehead atoms. The Kier molecular flexibility index (Phi) is 6.10. The van der Waals surface area contributed by atoms with E-state index in [1.54, 1.807) is 7.11 Å². The van der Waals surface area contributed by atoms with Crippen LogP contribution in [0.5, 0.6) is 0 Å². The lowest BCUT2D eigenvalue weighted by Crippen LogP contribution is -2.38. The minimum atomic E-state index is 0.129. The lowest BCUT2D eigenvalue weighted by atomic mass is 10.1. The van der Waals surface area contributed by atoms with Gasteiger partial charge in [-0.1, -0.05) is 0 Å². The zero-order chi connectivity index (χ0) is 10.2. The Labute approximate surface area is 85.8 Å². The molecular formula is C10H21NO3. The second kappa shape index (κ2) is 7.17. The quantitative estimate of drug-likeness (QED) is 0.665. The molecule has 1 aliphatic heterocycles. The van der Waals surface area contributed by atoms with E-state index in [0.29, 0.717) is 12.7 Å². The molecule has 0 aliphatic carbocycles. The van der Waals surface area contributed by atoms with Crippen LogP contribution in [0.2, 0.25) is 0 Å². The lowest BCUT2D eigenvalue weighted by Gasteiger charge is -2.31. The molecular weight excluding hydrogens is 182 g/mol. The number of aliphatic hydroxyl groups excluding tert-OH is 1. The van der Waals surface area contributed by atoms with Crippen LogP contribution in [-0.4, -0.2) is 62.7 Å². The fourth-order valence-corrected chi connectivity index (χ4v) is 1.74. The zero-order valence-corrected chi connectivity index (χ0v) is 8.95. The first kappa shape index (κ1) is 11.9. The summed E-state index contributed by atoms with van der Waals surface area (Å²) in [4.78, 5) is 2.39. The van der Waals surface area contributed by atoms with Gasteiger partial charge in [0.2, 0.25) is 0 Å². The number of methoxy groups -OCH3 is 1. The SMILES string of the molecule is COCCN1CCC(OCCO)CC1. The highest BCUT2D eigenvalue weighted by molar-refractivity contribution is 4.72. The zero-order valence-electron chi connectivity index (χ0n) is 8.95. The largest absolute Gasteiger partial charge is 0.394 e. The molecule has 1 saturated heterocycles. The fourth-order valence-electron chi connectivity index (χ4n) is 1.74. The fraction of sp³-hybridized carbons (Fsp3) is 1.00. The predicted molar refractivity (Wildman–Crippen MR) is 54.4 cm³/mol. The van der Waals surface area contributed by atoms with Crippen molar-refractivity contribution in [3.05, 3.63) is 0 Å². The monoisotopic (exact) mass is 203 g/mol. The smallest absolute Gasteiger partial charge is 0.0701 e. The molecule has 0 saturated carbocycles. The summed E-state index contributed by atoms with van der Waals surface area (Å²) in [6.07, 6.45) is 2.49. The Balaban J connectivity index is 2.05. The highest BCUT2D eigenvalue weighted by atomic mass is 16.5. The van der Waals surface area contributed by atoms with Crippen LogP contribution in [-0.2, 0) is 9.47 Å². The van der Waals surface area contributed by atoms with Gasteiger partial charge >= 0.3 is 0 Å². The summed E-state index contributed by atoms with van der Waals surface area (Å²) < 4.78 is 10.5. The van der Waals surface area contributed by atoms with Gasteiger partial charge < -0.3 is 19.5 Å². The summed E-state index contributed by atoms with van der Waals surface area (Å²) in [5.41, 5.74) is 0. The van der Waals surface area contributed by atoms with Crippen molar-refractivity contribution in [2.24, 2.45) is 0 Å². The number of rotatable bonds is 6. The number of aliphatic hydroxyl groups is 1. The Morgan fingerprint density at radius 2 is 2.00 bits per heavy atom. The molecule has 0 amide bonds. The van der Waals surface area contributed by atoms with E-state index < -0.39 is 0 Å². The molecule has 0 aromatic rings. The van der Waals surface area contributed by atoms with Gasteiger partial charge in [-0.2, -0.15) is 0 Å². The van der Waals surface area contributed by atoms with Crippen molar-refractivity contribution < 1.29 is 14.6 Å². The summed E-state index contributed by atoms with van der Waals surface area (Å²) in [5, 5.41) is 8.61. The third-order valence-electron chi connectivity index (χ3n) is 2.59. The van der Waals surface area contributed by atoms with E-state index in [2.05, 4.69) is 4.90 Å². The molecule has 1 N–H and O–H groups in total. The van der Waals surface area contributed by atoms with Gasteiger partial charge in [-0.05, 0) is 12.8 Å². The van der Waals surface area contributed by atoms with Crippen LogP contribution in [0.25, 0.3) is 0 Å². The lowest BCUT2D eigenvalue weighted by molar-refractivity contribution is -0.0108. The highest BCUT2D eigenvalue weighted by Gasteiger charge is 2.18. The second-order valence-electron chi connectivity index (χ2n) is 3.63. The first-order valence-electron chi connectivity index (χ1n) is 5.30. The van der Waals surface area contributed by atoms with Crippen LogP contribution >= 0.6 is 0 Å². The normalized spacial score (nSPS) is 20.1. The number of ether oxygens (including phenoxy) is 2. The molecule has 0 spiro atoms. The summed E-state index contributed by atoms with van der Waals surface area (Å²) >= 11 is 0. The molecule has 0 radical (unpaired) electrons. The third kappa shape index (κ3) is 4.37. The van der Waals surface area contributed by atoms with Gasteiger partial charge in [-0.3, -0.25) is 0 Å². The van der Waals surface area contributed by atoms with E-state index in [1.807, 2.05) is 0 Å². The standard InChI is InChI=1S/C10H21NO3/c1-13-8-6-11-4-2-10(3-5-11)14-9-7-12/h10,12H,2-9H2,1H3. The number of hydrogen-bond donors (Lipinski definition) is 1. The van der Waals surface area contributed by atoms with Gasteiger partial charge in [0, 0.05) is 26.7 Å². The van der Waals surface area contributed by atoms with Crippen molar-refractivity contribution in [3.63, 3.8) is 0 Å². The Bertz CT molecular complexity index is 119. The van der Waals surface area contributed by atoms with E-state index in [-0.39, 0.29) is 6.61 Å². The minimum Gasteiger partial charge on any atom is -0.394 e. The molecule has 4 heteroatoms. The van der Waals surface area contributed by atoms with Gasteiger partial charge in [0.1, 0.15) is 0 Å². The molecule has 4 nitrogen and oxygen atoms in total. The molecule has 1 aliphatic rings. The number of piperidine rings is 1. The first-order valence-corrected chi connectivity index (χ1v) is 5.30. The summed E-state index contributed by atoms with van der Waals surface area (Å²) in [5.74, 6) is 0. The topological polar surface area (TPSA) is 41.9 Å². The number of likely N-dealkylation sites (tertiary alicyclic amines) is 1. The molecule has 84 valence electrons. The minimum absolute atomic E-state index is 0.129. The van der Waals surface area contributed by atoms with Gasteiger partial charge in [0.25, 0.3) is 0 Å². The van der Waals surface area contributed by atoms with Gasteiger partial charge in [-0.25, -0.2) is 0 Å². The summed E-state index contributed by atoms with van der Waals surface area (Å²) in [6, 6.07) is 0. The van der Waals surface area contributed by atoms with Crippen LogP contribution in [0.4, 0.5) is 0 Å². The van der Waals surface area contributed by atoms with Crippen molar-refractivity contribution >= 4 is 0 Å². The molecule has 0 atom stereocenters. The molecule has 0 aromatic carbocycles.